The molecule has 0 aliphatic heterocycles. The first kappa shape index (κ1) is 16.4. The van der Waals surface area contributed by atoms with E-state index in [0.29, 0.717) is 11.5 Å². The zero-order valence-corrected chi connectivity index (χ0v) is 13.5. The number of nitrogens with one attached hydrogen (secondary N) is 1. The lowest BCUT2D eigenvalue weighted by atomic mass is 9.76. The molecule has 0 heterocycles. The van der Waals surface area contributed by atoms with Gasteiger partial charge in [-0.25, -0.2) is 4.39 Å². The van der Waals surface area contributed by atoms with Crippen molar-refractivity contribution in [2.24, 2.45) is 5.41 Å². The summed E-state index contributed by atoms with van der Waals surface area (Å²) >= 11 is 0. The van der Waals surface area contributed by atoms with Crippen LogP contribution in [0.25, 0.3) is 0 Å². The van der Waals surface area contributed by atoms with Gasteiger partial charge >= 0.3 is 0 Å². The zero-order valence-electron chi connectivity index (χ0n) is 13.5. The van der Waals surface area contributed by atoms with Crippen molar-refractivity contribution in [1.82, 2.24) is 5.32 Å². The van der Waals surface area contributed by atoms with Gasteiger partial charge in [-0.05, 0) is 55.3 Å². The van der Waals surface area contributed by atoms with Gasteiger partial charge in [0.2, 0.25) is 0 Å². The lowest BCUT2D eigenvalue weighted by molar-refractivity contribution is -0.0459. The Morgan fingerprint density at radius 2 is 2.05 bits per heavy atom. The number of halogens is 1. The Labute approximate surface area is 128 Å². The smallest absolute Gasteiger partial charge is 0.123 e. The molecule has 0 radical (unpaired) electrons. The first-order valence-electron chi connectivity index (χ1n) is 8.12. The van der Waals surface area contributed by atoms with Crippen LogP contribution in [0.3, 0.4) is 0 Å². The molecule has 2 nitrogen and oxygen atoms in total. The summed E-state index contributed by atoms with van der Waals surface area (Å²) in [5, 5.41) is 3.32. The minimum atomic E-state index is -0.192. The molecule has 0 bridgehead atoms. The van der Waals surface area contributed by atoms with Gasteiger partial charge in [0.05, 0.1) is 12.2 Å². The molecule has 21 heavy (non-hydrogen) atoms. The molecule has 1 aliphatic rings. The van der Waals surface area contributed by atoms with E-state index in [1.54, 1.807) is 12.1 Å². The lowest BCUT2D eigenvalue weighted by Crippen LogP contribution is -2.31. The van der Waals surface area contributed by atoms with Crippen molar-refractivity contribution < 1.29 is 9.13 Å². The van der Waals surface area contributed by atoms with Crippen molar-refractivity contribution in [2.75, 3.05) is 13.1 Å². The molecule has 3 heteroatoms. The van der Waals surface area contributed by atoms with Crippen LogP contribution >= 0.6 is 0 Å². The Hall–Kier alpha value is -0.930. The normalized spacial score (nSPS) is 20.4. The van der Waals surface area contributed by atoms with Crippen LogP contribution in [-0.2, 0) is 4.74 Å². The average molecular weight is 293 g/mol. The Morgan fingerprint density at radius 1 is 1.33 bits per heavy atom. The van der Waals surface area contributed by atoms with E-state index in [4.69, 9.17) is 4.74 Å². The minimum Gasteiger partial charge on any atom is -0.369 e. The fourth-order valence-electron chi connectivity index (χ4n) is 2.97. The molecule has 0 saturated heterocycles. The molecular formula is C18H28FNO. The highest BCUT2D eigenvalue weighted by molar-refractivity contribution is 5.19. The second-order valence-electron chi connectivity index (χ2n) is 6.85. The molecule has 1 aliphatic carbocycles. The van der Waals surface area contributed by atoms with Crippen LogP contribution in [0.2, 0.25) is 0 Å². The first-order chi connectivity index (χ1) is 10.00. The fourth-order valence-corrected chi connectivity index (χ4v) is 2.97. The van der Waals surface area contributed by atoms with Gasteiger partial charge in [0, 0.05) is 6.54 Å². The van der Waals surface area contributed by atoms with Crippen LogP contribution in [0.1, 0.15) is 58.1 Å². The first-order valence-corrected chi connectivity index (χ1v) is 8.12. The van der Waals surface area contributed by atoms with Crippen LogP contribution < -0.4 is 5.32 Å². The van der Waals surface area contributed by atoms with Crippen molar-refractivity contribution in [2.45, 2.75) is 58.7 Å². The van der Waals surface area contributed by atoms with E-state index in [0.717, 1.165) is 31.5 Å². The summed E-state index contributed by atoms with van der Waals surface area (Å²) in [6.07, 6.45) is 4.84. The standard InChI is InChI=1S/C18H28FNO/c1-4-20-13-17(14-6-5-7-15(19)12-14)21-16-8-10-18(2,3)11-9-16/h5-7,12,16-17,20H,4,8-11,13H2,1-3H3. The van der Waals surface area contributed by atoms with Gasteiger partial charge in [0.25, 0.3) is 0 Å². The molecule has 0 aromatic heterocycles. The van der Waals surface area contributed by atoms with Crippen molar-refractivity contribution >= 4 is 0 Å². The molecule has 118 valence electrons. The highest BCUT2D eigenvalue weighted by Gasteiger charge is 2.29. The third-order valence-electron chi connectivity index (χ3n) is 4.44. The topological polar surface area (TPSA) is 21.3 Å². The molecule has 1 saturated carbocycles. The number of hydrogen-bond acceptors (Lipinski definition) is 2. The van der Waals surface area contributed by atoms with Crippen LogP contribution in [-0.4, -0.2) is 19.2 Å². The van der Waals surface area contributed by atoms with Gasteiger partial charge in [-0.15, -0.1) is 0 Å². The predicted octanol–water partition coefficient (Wildman–Crippen LogP) is 4.46. The number of rotatable bonds is 6. The maximum absolute atomic E-state index is 13.5. The van der Waals surface area contributed by atoms with Gasteiger partial charge < -0.3 is 10.1 Å². The Kier molecular flexibility index (Phi) is 5.77. The van der Waals surface area contributed by atoms with E-state index in [9.17, 15) is 4.39 Å². The number of ether oxygens (including phenoxy) is 1. The summed E-state index contributed by atoms with van der Waals surface area (Å²) in [6, 6.07) is 6.79. The summed E-state index contributed by atoms with van der Waals surface area (Å²) < 4.78 is 19.8. The Bertz CT molecular complexity index is 437. The number of hydrogen-bond donors (Lipinski definition) is 1. The molecule has 1 fully saturated rings. The van der Waals surface area contributed by atoms with E-state index < -0.39 is 0 Å². The second kappa shape index (κ2) is 7.37. The molecular weight excluding hydrogens is 265 g/mol. The van der Waals surface area contributed by atoms with Gasteiger partial charge in [-0.3, -0.25) is 0 Å². The highest BCUT2D eigenvalue weighted by Crippen LogP contribution is 2.37. The summed E-state index contributed by atoms with van der Waals surface area (Å²) in [6.45, 7) is 8.36. The van der Waals surface area contributed by atoms with Crippen LogP contribution in [0.15, 0.2) is 24.3 Å². The fraction of sp³-hybridized carbons (Fsp3) is 0.667. The highest BCUT2D eigenvalue weighted by atomic mass is 19.1. The minimum absolute atomic E-state index is 0.0631. The SMILES string of the molecule is CCNCC(OC1CCC(C)(C)CC1)c1cccc(F)c1. The maximum atomic E-state index is 13.5. The molecule has 0 spiro atoms. The van der Waals surface area contributed by atoms with E-state index in [1.165, 1.54) is 18.9 Å². The van der Waals surface area contributed by atoms with Crippen molar-refractivity contribution in [3.8, 4) is 0 Å². The van der Waals surface area contributed by atoms with E-state index in [2.05, 4.69) is 26.1 Å². The lowest BCUT2D eigenvalue weighted by Gasteiger charge is -2.36. The van der Waals surface area contributed by atoms with Crippen molar-refractivity contribution in [1.29, 1.82) is 0 Å². The van der Waals surface area contributed by atoms with Gasteiger partial charge in [0.1, 0.15) is 5.82 Å². The van der Waals surface area contributed by atoms with E-state index in [1.807, 2.05) is 6.07 Å². The molecule has 1 aromatic rings. The predicted molar refractivity (Wildman–Crippen MR) is 84.8 cm³/mol. The average Bonchev–Trinajstić information content (AvgIpc) is 2.45. The van der Waals surface area contributed by atoms with Crippen LogP contribution in [0.4, 0.5) is 4.39 Å². The van der Waals surface area contributed by atoms with Crippen molar-refractivity contribution in [3.63, 3.8) is 0 Å². The van der Waals surface area contributed by atoms with Crippen LogP contribution in [0.5, 0.6) is 0 Å². The van der Waals surface area contributed by atoms with E-state index in [-0.39, 0.29) is 11.9 Å². The van der Waals surface area contributed by atoms with Gasteiger partial charge in [-0.1, -0.05) is 32.9 Å². The van der Waals surface area contributed by atoms with Crippen LogP contribution in [0, 0.1) is 11.2 Å². The zero-order chi connectivity index (χ0) is 15.3. The number of benzene rings is 1. The molecule has 1 aromatic carbocycles. The van der Waals surface area contributed by atoms with Gasteiger partial charge in [-0.2, -0.15) is 0 Å². The quantitative estimate of drug-likeness (QED) is 0.836. The van der Waals surface area contributed by atoms with E-state index >= 15 is 0 Å². The second-order valence-corrected chi connectivity index (χ2v) is 6.85. The third-order valence-corrected chi connectivity index (χ3v) is 4.44. The number of likely N-dealkylation sites (N-methyl/N-ethyl adjacent to an activating group) is 1. The molecule has 1 N–H and O–H groups in total. The molecule has 1 unspecified atom stereocenters. The van der Waals surface area contributed by atoms with Gasteiger partial charge in [0.15, 0.2) is 0 Å². The molecule has 2 rings (SSSR count). The Morgan fingerprint density at radius 3 is 2.67 bits per heavy atom. The third kappa shape index (κ3) is 5.08. The monoisotopic (exact) mass is 293 g/mol. The Balaban J connectivity index is 2.00. The van der Waals surface area contributed by atoms with Crippen molar-refractivity contribution in [3.05, 3.63) is 35.6 Å². The molecule has 0 amide bonds. The maximum Gasteiger partial charge on any atom is 0.123 e. The summed E-state index contributed by atoms with van der Waals surface area (Å²) in [5.74, 6) is -0.192. The summed E-state index contributed by atoms with van der Waals surface area (Å²) in [5.41, 5.74) is 1.37. The summed E-state index contributed by atoms with van der Waals surface area (Å²) in [4.78, 5) is 0. The summed E-state index contributed by atoms with van der Waals surface area (Å²) in [7, 11) is 0. The largest absolute Gasteiger partial charge is 0.369 e. The molecule has 1 atom stereocenters.